The van der Waals surface area contributed by atoms with Gasteiger partial charge in [-0.2, -0.15) is 0 Å². The molecule has 2 aliphatic rings. The first-order valence-electron chi connectivity index (χ1n) is 7.24. The molecule has 2 aliphatic heterocycles. The Bertz CT molecular complexity index is 483. The number of amides is 1. The number of thiazole rings is 1. The highest BCUT2D eigenvalue weighted by Crippen LogP contribution is 2.35. The van der Waals surface area contributed by atoms with Crippen LogP contribution in [-0.2, 0) is 16.1 Å². The number of piperidine rings is 1. The molecule has 6 heteroatoms. The summed E-state index contributed by atoms with van der Waals surface area (Å²) in [6, 6.07) is 0. The normalized spacial score (nSPS) is 27.1. The molecule has 0 aromatic carbocycles. The molecule has 0 saturated carbocycles. The maximum atomic E-state index is 11.0. The van der Waals surface area contributed by atoms with E-state index in [1.807, 2.05) is 6.20 Å². The van der Waals surface area contributed by atoms with Gasteiger partial charge >= 0.3 is 0 Å². The Morgan fingerprint density at radius 2 is 2.40 bits per heavy atom. The topological polar surface area (TPSA) is 54.5 Å². The van der Waals surface area contributed by atoms with Gasteiger partial charge in [-0.3, -0.25) is 9.69 Å². The molecule has 0 radical (unpaired) electrons. The number of hydrogen-bond acceptors (Lipinski definition) is 5. The molecule has 1 atom stereocenters. The highest BCUT2D eigenvalue weighted by Gasteiger charge is 2.39. The molecule has 2 saturated heterocycles. The highest BCUT2D eigenvalue weighted by molar-refractivity contribution is 7.15. The van der Waals surface area contributed by atoms with Crippen LogP contribution in [0.4, 0.5) is 5.13 Å². The summed E-state index contributed by atoms with van der Waals surface area (Å²) < 4.78 is 6.00. The largest absolute Gasteiger partial charge is 0.374 e. The number of hydrogen-bond donors (Lipinski definition) is 1. The van der Waals surface area contributed by atoms with Crippen molar-refractivity contribution in [3.63, 3.8) is 0 Å². The van der Waals surface area contributed by atoms with Crippen molar-refractivity contribution in [1.29, 1.82) is 0 Å². The van der Waals surface area contributed by atoms with Gasteiger partial charge in [-0.1, -0.05) is 0 Å². The van der Waals surface area contributed by atoms with E-state index in [4.69, 9.17) is 4.74 Å². The van der Waals surface area contributed by atoms with Gasteiger partial charge in [0.15, 0.2) is 5.13 Å². The predicted molar refractivity (Wildman–Crippen MR) is 78.8 cm³/mol. The van der Waals surface area contributed by atoms with Crippen LogP contribution in [0.15, 0.2) is 6.20 Å². The fourth-order valence-corrected chi connectivity index (χ4v) is 4.11. The number of rotatable bonds is 3. The van der Waals surface area contributed by atoms with Crippen LogP contribution < -0.4 is 5.32 Å². The monoisotopic (exact) mass is 295 g/mol. The van der Waals surface area contributed by atoms with E-state index in [1.165, 1.54) is 37.5 Å². The summed E-state index contributed by atoms with van der Waals surface area (Å²) >= 11 is 1.56. The fourth-order valence-electron chi connectivity index (χ4n) is 3.21. The van der Waals surface area contributed by atoms with Crippen LogP contribution in [0.25, 0.3) is 0 Å². The van der Waals surface area contributed by atoms with Crippen molar-refractivity contribution < 1.29 is 9.53 Å². The Balaban J connectivity index is 1.59. The molecule has 1 spiro atoms. The number of aromatic nitrogens is 1. The SMILES string of the molecule is CC(=O)Nc1ncc(CN2CCCC3(CCCO3)C2)s1. The van der Waals surface area contributed by atoms with Gasteiger partial charge in [0.25, 0.3) is 0 Å². The van der Waals surface area contributed by atoms with Gasteiger partial charge < -0.3 is 10.1 Å². The van der Waals surface area contributed by atoms with Crippen molar-refractivity contribution in [2.75, 3.05) is 25.0 Å². The third-order valence-corrected chi connectivity index (χ3v) is 4.92. The first-order chi connectivity index (χ1) is 9.65. The van der Waals surface area contributed by atoms with E-state index in [0.717, 1.165) is 26.2 Å². The number of likely N-dealkylation sites (tertiary alicyclic amines) is 1. The zero-order valence-corrected chi connectivity index (χ0v) is 12.7. The average molecular weight is 295 g/mol. The van der Waals surface area contributed by atoms with Crippen LogP contribution in [0.1, 0.15) is 37.5 Å². The van der Waals surface area contributed by atoms with E-state index >= 15 is 0 Å². The van der Waals surface area contributed by atoms with Crippen LogP contribution >= 0.6 is 11.3 Å². The molecule has 3 rings (SSSR count). The van der Waals surface area contributed by atoms with Crippen molar-refractivity contribution in [3.8, 4) is 0 Å². The van der Waals surface area contributed by atoms with E-state index < -0.39 is 0 Å². The summed E-state index contributed by atoms with van der Waals surface area (Å²) in [6.07, 6.45) is 6.66. The Hall–Kier alpha value is -0.980. The molecule has 1 aromatic rings. The lowest BCUT2D eigenvalue weighted by Crippen LogP contribution is -2.47. The van der Waals surface area contributed by atoms with E-state index in [0.29, 0.717) is 5.13 Å². The third-order valence-electron chi connectivity index (χ3n) is 4.02. The molecule has 3 heterocycles. The Morgan fingerprint density at radius 1 is 1.55 bits per heavy atom. The van der Waals surface area contributed by atoms with Gasteiger partial charge in [0, 0.05) is 37.7 Å². The van der Waals surface area contributed by atoms with E-state index in [2.05, 4.69) is 15.2 Å². The summed E-state index contributed by atoms with van der Waals surface area (Å²) in [6.45, 7) is 5.48. The van der Waals surface area contributed by atoms with E-state index in [-0.39, 0.29) is 11.5 Å². The number of nitrogens with one attached hydrogen (secondary N) is 1. The van der Waals surface area contributed by atoms with Gasteiger partial charge in [-0.25, -0.2) is 4.98 Å². The van der Waals surface area contributed by atoms with Crippen LogP contribution in [0.5, 0.6) is 0 Å². The molecule has 1 aromatic heterocycles. The first-order valence-corrected chi connectivity index (χ1v) is 8.06. The summed E-state index contributed by atoms with van der Waals surface area (Å²) in [4.78, 5) is 18.9. The molecule has 5 nitrogen and oxygen atoms in total. The Labute approximate surface area is 123 Å². The molecule has 1 unspecified atom stereocenters. The molecular formula is C14H21N3O2S. The summed E-state index contributed by atoms with van der Waals surface area (Å²) in [5.41, 5.74) is 0.114. The Kier molecular flexibility index (Phi) is 4.05. The second-order valence-electron chi connectivity index (χ2n) is 5.76. The van der Waals surface area contributed by atoms with Crippen molar-refractivity contribution >= 4 is 22.4 Å². The summed E-state index contributed by atoms with van der Waals surface area (Å²) in [7, 11) is 0. The van der Waals surface area contributed by atoms with Gasteiger partial charge in [0.05, 0.1) is 5.60 Å². The van der Waals surface area contributed by atoms with Crippen molar-refractivity contribution in [2.24, 2.45) is 0 Å². The molecule has 1 amide bonds. The van der Waals surface area contributed by atoms with E-state index in [9.17, 15) is 4.79 Å². The molecular weight excluding hydrogens is 274 g/mol. The van der Waals surface area contributed by atoms with Crippen LogP contribution in [0.2, 0.25) is 0 Å². The zero-order valence-electron chi connectivity index (χ0n) is 11.9. The lowest BCUT2D eigenvalue weighted by molar-refractivity contribution is -0.114. The number of carbonyl (C=O) groups excluding carboxylic acids is 1. The molecule has 0 bridgehead atoms. The maximum absolute atomic E-state index is 11.0. The zero-order chi connectivity index (χ0) is 14.0. The molecule has 0 aliphatic carbocycles. The Morgan fingerprint density at radius 3 is 3.15 bits per heavy atom. The van der Waals surface area contributed by atoms with Crippen molar-refractivity contribution in [3.05, 3.63) is 11.1 Å². The number of nitrogens with zero attached hydrogens (tertiary/aromatic N) is 2. The van der Waals surface area contributed by atoms with Gasteiger partial charge in [0.1, 0.15) is 0 Å². The number of carbonyl (C=O) groups is 1. The van der Waals surface area contributed by atoms with E-state index in [1.54, 1.807) is 11.3 Å². The van der Waals surface area contributed by atoms with Crippen LogP contribution in [0, 0.1) is 0 Å². The minimum absolute atomic E-state index is 0.0674. The molecule has 110 valence electrons. The third kappa shape index (κ3) is 3.19. The minimum Gasteiger partial charge on any atom is -0.374 e. The summed E-state index contributed by atoms with van der Waals surface area (Å²) in [5.74, 6) is -0.0674. The van der Waals surface area contributed by atoms with Gasteiger partial charge in [-0.05, 0) is 32.2 Å². The second-order valence-corrected chi connectivity index (χ2v) is 6.88. The second kappa shape index (κ2) is 5.79. The smallest absolute Gasteiger partial charge is 0.223 e. The highest BCUT2D eigenvalue weighted by atomic mass is 32.1. The van der Waals surface area contributed by atoms with Crippen molar-refractivity contribution in [2.45, 2.75) is 44.8 Å². The maximum Gasteiger partial charge on any atom is 0.223 e. The standard InChI is InChI=1S/C14H21N3O2S/c1-11(18)16-13-15-8-12(20-13)9-17-6-2-4-14(10-17)5-3-7-19-14/h8H,2-7,9-10H2,1H3,(H,15,16,18). The predicted octanol–water partition coefficient (Wildman–Crippen LogP) is 2.25. The van der Waals surface area contributed by atoms with Gasteiger partial charge in [-0.15, -0.1) is 11.3 Å². The number of ether oxygens (including phenoxy) is 1. The van der Waals surface area contributed by atoms with Crippen molar-refractivity contribution in [1.82, 2.24) is 9.88 Å². The summed E-state index contributed by atoms with van der Waals surface area (Å²) in [5, 5.41) is 3.43. The van der Waals surface area contributed by atoms with Gasteiger partial charge in [0.2, 0.25) is 5.91 Å². The minimum atomic E-state index is -0.0674. The number of anilines is 1. The molecule has 1 N–H and O–H groups in total. The molecule has 2 fully saturated rings. The molecule has 20 heavy (non-hydrogen) atoms. The van der Waals surface area contributed by atoms with Crippen LogP contribution in [0.3, 0.4) is 0 Å². The lowest BCUT2D eigenvalue weighted by atomic mass is 9.90. The van der Waals surface area contributed by atoms with Crippen LogP contribution in [-0.4, -0.2) is 41.1 Å². The lowest BCUT2D eigenvalue weighted by Gasteiger charge is -2.39. The first kappa shape index (κ1) is 14.0. The quantitative estimate of drug-likeness (QED) is 0.929. The fraction of sp³-hybridized carbons (Fsp3) is 0.714. The average Bonchev–Trinajstić information content (AvgIpc) is 2.99.